The predicted octanol–water partition coefficient (Wildman–Crippen LogP) is 1.40. The van der Waals surface area contributed by atoms with Crippen LogP contribution in [0, 0.1) is 0 Å². The summed E-state index contributed by atoms with van der Waals surface area (Å²) in [5, 5.41) is 5.42. The van der Waals surface area contributed by atoms with E-state index in [0.29, 0.717) is 38.5 Å². The number of pyridine rings is 1. The lowest BCUT2D eigenvalue weighted by Crippen LogP contribution is -2.29. The van der Waals surface area contributed by atoms with Crippen molar-refractivity contribution in [3.8, 4) is 0 Å². The Morgan fingerprint density at radius 3 is 2.50 bits per heavy atom. The van der Waals surface area contributed by atoms with E-state index in [9.17, 15) is 9.59 Å². The molecule has 0 unspecified atom stereocenters. The Bertz CT molecular complexity index is 707. The minimum atomic E-state index is -0.345. The zero-order valence-electron chi connectivity index (χ0n) is 14.7. The molecule has 0 saturated carbocycles. The molecule has 0 aliphatic heterocycles. The lowest BCUT2D eigenvalue weighted by Gasteiger charge is -2.08. The van der Waals surface area contributed by atoms with Gasteiger partial charge < -0.3 is 20.1 Å². The van der Waals surface area contributed by atoms with E-state index in [1.54, 1.807) is 13.2 Å². The molecule has 1 aromatic heterocycles. The second-order valence-electron chi connectivity index (χ2n) is 5.47. The average Bonchev–Trinajstić information content (AvgIpc) is 2.68. The summed E-state index contributed by atoms with van der Waals surface area (Å²) < 4.78 is 10.4. The number of carbonyl (C=O) groups is 2. The van der Waals surface area contributed by atoms with Gasteiger partial charge in [-0.25, -0.2) is 0 Å². The highest BCUT2D eigenvalue weighted by Crippen LogP contribution is 2.03. The highest BCUT2D eigenvalue weighted by molar-refractivity contribution is 5.98. The second kappa shape index (κ2) is 11.0. The van der Waals surface area contributed by atoms with Crippen LogP contribution in [0.1, 0.15) is 26.4 Å². The molecule has 0 saturated heterocycles. The van der Waals surface area contributed by atoms with Crippen molar-refractivity contribution in [1.29, 1.82) is 0 Å². The molecule has 0 bridgehead atoms. The van der Waals surface area contributed by atoms with Crippen LogP contribution in [0.4, 0.5) is 0 Å². The third-order valence-electron chi connectivity index (χ3n) is 3.49. The maximum atomic E-state index is 12.2. The van der Waals surface area contributed by atoms with Gasteiger partial charge in [0.2, 0.25) is 0 Å². The first-order valence-corrected chi connectivity index (χ1v) is 8.34. The largest absolute Gasteiger partial charge is 0.383 e. The molecule has 2 amide bonds. The van der Waals surface area contributed by atoms with E-state index in [1.165, 1.54) is 12.3 Å². The maximum absolute atomic E-state index is 12.2. The molecule has 7 heteroatoms. The van der Waals surface area contributed by atoms with Gasteiger partial charge in [-0.05, 0) is 17.7 Å². The summed E-state index contributed by atoms with van der Waals surface area (Å²) in [5.74, 6) is -0.621. The Labute approximate surface area is 152 Å². The summed E-state index contributed by atoms with van der Waals surface area (Å²) in [6, 6.07) is 12.8. The first-order valence-electron chi connectivity index (χ1n) is 8.34. The molecular weight excluding hydrogens is 334 g/mol. The number of methoxy groups -OCH3 is 1. The van der Waals surface area contributed by atoms with E-state index in [4.69, 9.17) is 9.47 Å². The summed E-state index contributed by atoms with van der Waals surface area (Å²) in [4.78, 5) is 28.1. The van der Waals surface area contributed by atoms with E-state index in [0.717, 1.165) is 5.56 Å². The second-order valence-corrected chi connectivity index (χ2v) is 5.47. The highest BCUT2D eigenvalue weighted by atomic mass is 16.5. The van der Waals surface area contributed by atoms with Crippen LogP contribution in [0.2, 0.25) is 0 Å². The molecule has 2 aromatic rings. The summed E-state index contributed by atoms with van der Waals surface area (Å²) >= 11 is 0. The number of ether oxygens (including phenoxy) is 2. The topological polar surface area (TPSA) is 89.5 Å². The zero-order valence-corrected chi connectivity index (χ0v) is 14.7. The Kier molecular flexibility index (Phi) is 8.25. The summed E-state index contributed by atoms with van der Waals surface area (Å²) in [5.41, 5.74) is 1.64. The fourth-order valence-electron chi connectivity index (χ4n) is 2.16. The smallest absolute Gasteiger partial charge is 0.269 e. The molecular formula is C19H23N3O4. The van der Waals surface area contributed by atoms with Crippen molar-refractivity contribution in [1.82, 2.24) is 15.6 Å². The van der Waals surface area contributed by atoms with Gasteiger partial charge in [0.15, 0.2) is 0 Å². The van der Waals surface area contributed by atoms with Gasteiger partial charge in [-0.15, -0.1) is 0 Å². The van der Waals surface area contributed by atoms with Gasteiger partial charge in [0.25, 0.3) is 11.8 Å². The van der Waals surface area contributed by atoms with Crippen molar-refractivity contribution in [2.24, 2.45) is 0 Å². The van der Waals surface area contributed by atoms with Crippen molar-refractivity contribution in [2.75, 3.05) is 33.4 Å². The van der Waals surface area contributed by atoms with Gasteiger partial charge >= 0.3 is 0 Å². The minimum Gasteiger partial charge on any atom is -0.383 e. The molecule has 2 rings (SSSR count). The third kappa shape index (κ3) is 6.62. The number of rotatable bonds is 10. The Morgan fingerprint density at radius 2 is 1.73 bits per heavy atom. The third-order valence-corrected chi connectivity index (χ3v) is 3.49. The molecule has 0 aliphatic carbocycles. The van der Waals surface area contributed by atoms with Crippen LogP contribution < -0.4 is 10.6 Å². The SMILES string of the molecule is COCCNC(=O)c1cc(C(=O)NCCOCc2ccccc2)ccn1. The van der Waals surface area contributed by atoms with Crippen LogP contribution >= 0.6 is 0 Å². The number of aromatic nitrogens is 1. The van der Waals surface area contributed by atoms with Crippen molar-refractivity contribution < 1.29 is 19.1 Å². The molecule has 0 radical (unpaired) electrons. The first-order chi connectivity index (χ1) is 12.7. The standard InChI is InChI=1S/C19H23N3O4/c1-25-11-9-22-19(24)17-13-16(7-8-20-17)18(23)21-10-12-26-14-15-5-3-2-4-6-15/h2-8,13H,9-12,14H2,1H3,(H,21,23)(H,22,24). The van der Waals surface area contributed by atoms with Gasteiger partial charge in [0, 0.05) is 32.0 Å². The predicted molar refractivity (Wildman–Crippen MR) is 96.9 cm³/mol. The maximum Gasteiger partial charge on any atom is 0.269 e. The summed E-state index contributed by atoms with van der Waals surface area (Å²) in [6.45, 7) is 2.07. The van der Waals surface area contributed by atoms with Crippen molar-refractivity contribution in [3.63, 3.8) is 0 Å². The van der Waals surface area contributed by atoms with Gasteiger partial charge in [-0.1, -0.05) is 30.3 Å². The van der Waals surface area contributed by atoms with E-state index >= 15 is 0 Å². The normalized spacial score (nSPS) is 10.3. The molecule has 0 atom stereocenters. The number of nitrogens with one attached hydrogen (secondary N) is 2. The molecule has 1 aromatic carbocycles. The van der Waals surface area contributed by atoms with Gasteiger partial charge in [-0.3, -0.25) is 14.6 Å². The first kappa shape index (κ1) is 19.6. The van der Waals surface area contributed by atoms with Crippen molar-refractivity contribution in [3.05, 3.63) is 65.5 Å². The van der Waals surface area contributed by atoms with Crippen LogP contribution in [-0.4, -0.2) is 50.2 Å². The molecule has 0 aliphatic rings. The number of hydrogen-bond donors (Lipinski definition) is 2. The number of amides is 2. The van der Waals surface area contributed by atoms with E-state index < -0.39 is 0 Å². The monoisotopic (exact) mass is 357 g/mol. The van der Waals surface area contributed by atoms with Crippen LogP contribution in [-0.2, 0) is 16.1 Å². The van der Waals surface area contributed by atoms with Crippen LogP contribution in [0.25, 0.3) is 0 Å². The van der Waals surface area contributed by atoms with E-state index in [1.807, 2.05) is 30.3 Å². The van der Waals surface area contributed by atoms with Crippen molar-refractivity contribution in [2.45, 2.75) is 6.61 Å². The minimum absolute atomic E-state index is 0.189. The number of benzene rings is 1. The lowest BCUT2D eigenvalue weighted by atomic mass is 10.2. The van der Waals surface area contributed by atoms with E-state index in [2.05, 4.69) is 15.6 Å². The fraction of sp³-hybridized carbons (Fsp3) is 0.316. The van der Waals surface area contributed by atoms with Gasteiger partial charge in [0.05, 0.1) is 19.8 Å². The van der Waals surface area contributed by atoms with Crippen LogP contribution in [0.15, 0.2) is 48.7 Å². The number of nitrogens with zero attached hydrogens (tertiary/aromatic N) is 1. The molecule has 7 nitrogen and oxygen atoms in total. The summed E-state index contributed by atoms with van der Waals surface area (Å²) in [7, 11) is 1.55. The Balaban J connectivity index is 1.74. The average molecular weight is 357 g/mol. The molecule has 138 valence electrons. The molecule has 0 spiro atoms. The molecule has 0 fully saturated rings. The van der Waals surface area contributed by atoms with E-state index in [-0.39, 0.29) is 17.5 Å². The molecule has 1 heterocycles. The zero-order chi connectivity index (χ0) is 18.6. The highest BCUT2D eigenvalue weighted by Gasteiger charge is 2.11. The van der Waals surface area contributed by atoms with Crippen LogP contribution in [0.5, 0.6) is 0 Å². The fourth-order valence-corrected chi connectivity index (χ4v) is 2.16. The van der Waals surface area contributed by atoms with Crippen LogP contribution in [0.3, 0.4) is 0 Å². The van der Waals surface area contributed by atoms with Gasteiger partial charge in [-0.2, -0.15) is 0 Å². The van der Waals surface area contributed by atoms with Crippen molar-refractivity contribution >= 4 is 11.8 Å². The Morgan fingerprint density at radius 1 is 1.00 bits per heavy atom. The lowest BCUT2D eigenvalue weighted by molar-refractivity contribution is 0.0900. The molecule has 2 N–H and O–H groups in total. The number of hydrogen-bond acceptors (Lipinski definition) is 5. The quantitative estimate of drug-likeness (QED) is 0.628. The molecule has 26 heavy (non-hydrogen) atoms. The van der Waals surface area contributed by atoms with Gasteiger partial charge in [0.1, 0.15) is 5.69 Å². The number of carbonyl (C=O) groups excluding carboxylic acids is 2. The Hall–Kier alpha value is -2.77. The summed E-state index contributed by atoms with van der Waals surface area (Å²) in [6.07, 6.45) is 1.44.